The van der Waals surface area contributed by atoms with Crippen molar-refractivity contribution in [2.24, 2.45) is 0 Å². The molecule has 1 saturated carbocycles. The molecule has 1 aliphatic carbocycles. The van der Waals surface area contributed by atoms with Crippen molar-refractivity contribution in [2.45, 2.75) is 24.8 Å². The summed E-state index contributed by atoms with van der Waals surface area (Å²) in [6.07, 6.45) is 10.3. The number of rotatable bonds is 2. The first kappa shape index (κ1) is 9.57. The van der Waals surface area contributed by atoms with Crippen LogP contribution in [0, 0.1) is 0 Å². The minimum atomic E-state index is -0.415. The summed E-state index contributed by atoms with van der Waals surface area (Å²) in [5.41, 5.74) is -0.415. The zero-order chi connectivity index (χ0) is 11.0. The number of hydrogen-bond donors (Lipinski definition) is 0. The molecule has 0 spiro atoms. The third-order valence-corrected chi connectivity index (χ3v) is 3.33. The second-order valence-corrected chi connectivity index (χ2v) is 4.39. The molecule has 1 fully saturated rings. The van der Waals surface area contributed by atoms with Crippen LogP contribution in [0.1, 0.15) is 19.3 Å². The average molecular weight is 218 g/mol. The number of carbonyl (C=O) groups is 1. The van der Waals surface area contributed by atoms with Crippen LogP contribution in [0.4, 0.5) is 0 Å². The Morgan fingerprint density at radius 1 is 1.31 bits per heavy atom. The topological polar surface area (TPSA) is 51.0 Å². The highest BCUT2D eigenvalue weighted by Gasteiger charge is 2.54. The molecule has 1 aromatic heterocycles. The highest BCUT2D eigenvalue weighted by atomic mass is 16.2. The SMILES string of the molecule is O=C(N1CC=CCC1)C1(n2ccnn2)CC1. The van der Waals surface area contributed by atoms with E-state index in [9.17, 15) is 4.79 Å². The molecule has 2 heterocycles. The Hall–Kier alpha value is -1.65. The molecule has 1 aromatic rings. The molecule has 3 rings (SSSR count). The van der Waals surface area contributed by atoms with Gasteiger partial charge in [-0.3, -0.25) is 4.79 Å². The Morgan fingerprint density at radius 3 is 2.75 bits per heavy atom. The van der Waals surface area contributed by atoms with Gasteiger partial charge in [0.25, 0.3) is 5.91 Å². The van der Waals surface area contributed by atoms with Crippen molar-refractivity contribution in [1.82, 2.24) is 19.9 Å². The molecule has 5 heteroatoms. The van der Waals surface area contributed by atoms with Crippen LogP contribution in [0.2, 0.25) is 0 Å². The molecule has 0 aromatic carbocycles. The Kier molecular flexibility index (Phi) is 2.05. The Morgan fingerprint density at radius 2 is 2.19 bits per heavy atom. The largest absolute Gasteiger partial charge is 0.337 e. The van der Waals surface area contributed by atoms with Crippen LogP contribution in [-0.2, 0) is 10.3 Å². The highest BCUT2D eigenvalue weighted by molar-refractivity contribution is 5.87. The van der Waals surface area contributed by atoms with Crippen molar-refractivity contribution in [3.63, 3.8) is 0 Å². The molecule has 1 aliphatic heterocycles. The first-order valence-corrected chi connectivity index (χ1v) is 5.64. The lowest BCUT2D eigenvalue weighted by Gasteiger charge is -2.27. The van der Waals surface area contributed by atoms with Gasteiger partial charge < -0.3 is 4.90 Å². The fourth-order valence-electron chi connectivity index (χ4n) is 2.22. The van der Waals surface area contributed by atoms with Crippen molar-refractivity contribution < 1.29 is 4.79 Å². The van der Waals surface area contributed by atoms with E-state index in [1.807, 2.05) is 4.90 Å². The lowest BCUT2D eigenvalue weighted by atomic mass is 10.2. The molecule has 2 aliphatic rings. The van der Waals surface area contributed by atoms with E-state index in [-0.39, 0.29) is 5.91 Å². The summed E-state index contributed by atoms with van der Waals surface area (Å²) in [5.74, 6) is 0.197. The predicted molar refractivity (Wildman–Crippen MR) is 57.6 cm³/mol. The van der Waals surface area contributed by atoms with Crippen LogP contribution >= 0.6 is 0 Å². The van der Waals surface area contributed by atoms with Gasteiger partial charge in [-0.05, 0) is 19.3 Å². The van der Waals surface area contributed by atoms with Gasteiger partial charge in [0.2, 0.25) is 0 Å². The molecule has 5 nitrogen and oxygen atoms in total. The van der Waals surface area contributed by atoms with E-state index in [0.29, 0.717) is 0 Å². The zero-order valence-corrected chi connectivity index (χ0v) is 9.04. The Bertz CT molecular complexity index is 419. The van der Waals surface area contributed by atoms with Crippen LogP contribution in [-0.4, -0.2) is 38.9 Å². The lowest BCUT2D eigenvalue weighted by Crippen LogP contribution is -2.44. The Labute approximate surface area is 93.7 Å². The molecule has 84 valence electrons. The fraction of sp³-hybridized carbons (Fsp3) is 0.545. The van der Waals surface area contributed by atoms with Crippen molar-refractivity contribution >= 4 is 5.91 Å². The van der Waals surface area contributed by atoms with Crippen LogP contribution in [0.3, 0.4) is 0 Å². The molecule has 0 bridgehead atoms. The summed E-state index contributed by atoms with van der Waals surface area (Å²) in [5, 5.41) is 7.75. The predicted octanol–water partition coefficient (Wildman–Crippen LogP) is 0.556. The summed E-state index contributed by atoms with van der Waals surface area (Å²) in [7, 11) is 0. The number of hydrogen-bond acceptors (Lipinski definition) is 3. The normalized spacial score (nSPS) is 22.1. The molecule has 1 amide bonds. The maximum absolute atomic E-state index is 12.4. The van der Waals surface area contributed by atoms with Gasteiger partial charge in [-0.1, -0.05) is 17.4 Å². The van der Waals surface area contributed by atoms with Crippen molar-refractivity contribution in [1.29, 1.82) is 0 Å². The number of nitrogens with zero attached hydrogens (tertiary/aromatic N) is 4. The van der Waals surface area contributed by atoms with Gasteiger partial charge in [0.05, 0.1) is 6.20 Å². The van der Waals surface area contributed by atoms with Crippen molar-refractivity contribution in [3.05, 3.63) is 24.5 Å². The number of aromatic nitrogens is 3. The van der Waals surface area contributed by atoms with Gasteiger partial charge in [-0.25, -0.2) is 4.68 Å². The van der Waals surface area contributed by atoms with Crippen molar-refractivity contribution in [3.8, 4) is 0 Å². The van der Waals surface area contributed by atoms with Gasteiger partial charge in [-0.15, -0.1) is 5.10 Å². The molecular formula is C11H14N4O. The lowest BCUT2D eigenvalue weighted by molar-refractivity contribution is -0.136. The summed E-state index contributed by atoms with van der Waals surface area (Å²) < 4.78 is 1.72. The van der Waals surface area contributed by atoms with Crippen LogP contribution in [0.15, 0.2) is 24.5 Å². The maximum atomic E-state index is 12.4. The van der Waals surface area contributed by atoms with Crippen molar-refractivity contribution in [2.75, 3.05) is 13.1 Å². The molecule has 0 N–H and O–H groups in total. The molecule has 0 saturated heterocycles. The minimum Gasteiger partial charge on any atom is -0.337 e. The van der Waals surface area contributed by atoms with Gasteiger partial charge in [-0.2, -0.15) is 0 Å². The molecular weight excluding hydrogens is 204 g/mol. The molecule has 0 atom stereocenters. The van der Waals surface area contributed by atoms with E-state index in [4.69, 9.17) is 0 Å². The first-order chi connectivity index (χ1) is 7.83. The second-order valence-electron chi connectivity index (χ2n) is 4.39. The van der Waals surface area contributed by atoms with E-state index in [1.54, 1.807) is 17.1 Å². The zero-order valence-electron chi connectivity index (χ0n) is 9.04. The quantitative estimate of drug-likeness (QED) is 0.681. The standard InChI is InChI=1S/C11H14N4O/c16-10(14-7-2-1-3-8-14)11(4-5-11)15-9-6-12-13-15/h1-2,6,9H,3-5,7-8H2. The average Bonchev–Trinajstić information content (AvgIpc) is 2.97. The van der Waals surface area contributed by atoms with Crippen LogP contribution in [0.25, 0.3) is 0 Å². The smallest absolute Gasteiger partial charge is 0.250 e. The van der Waals surface area contributed by atoms with Gasteiger partial charge >= 0.3 is 0 Å². The second kappa shape index (κ2) is 3.43. The first-order valence-electron chi connectivity index (χ1n) is 5.64. The summed E-state index contributed by atoms with van der Waals surface area (Å²) in [6.45, 7) is 1.56. The molecule has 0 unspecified atom stereocenters. The molecule has 0 radical (unpaired) electrons. The fourth-order valence-corrected chi connectivity index (χ4v) is 2.22. The summed E-state index contributed by atoms with van der Waals surface area (Å²) in [4.78, 5) is 14.3. The number of carbonyl (C=O) groups excluding carboxylic acids is 1. The summed E-state index contributed by atoms with van der Waals surface area (Å²) in [6, 6.07) is 0. The van der Waals surface area contributed by atoms with Crippen LogP contribution in [0.5, 0.6) is 0 Å². The van der Waals surface area contributed by atoms with Gasteiger partial charge in [0, 0.05) is 19.3 Å². The van der Waals surface area contributed by atoms with Crippen LogP contribution < -0.4 is 0 Å². The monoisotopic (exact) mass is 218 g/mol. The van der Waals surface area contributed by atoms with E-state index < -0.39 is 5.54 Å². The van der Waals surface area contributed by atoms with Gasteiger partial charge in [0.1, 0.15) is 5.54 Å². The van der Waals surface area contributed by atoms with Gasteiger partial charge in [0.15, 0.2) is 0 Å². The minimum absolute atomic E-state index is 0.197. The number of amides is 1. The third kappa shape index (κ3) is 1.35. The Balaban J connectivity index is 1.82. The molecule has 16 heavy (non-hydrogen) atoms. The van der Waals surface area contributed by atoms with E-state index in [2.05, 4.69) is 22.5 Å². The van der Waals surface area contributed by atoms with E-state index >= 15 is 0 Å². The maximum Gasteiger partial charge on any atom is 0.250 e. The van der Waals surface area contributed by atoms with E-state index in [0.717, 1.165) is 32.4 Å². The highest BCUT2D eigenvalue weighted by Crippen LogP contribution is 2.44. The third-order valence-electron chi connectivity index (χ3n) is 3.33. The van der Waals surface area contributed by atoms with E-state index in [1.165, 1.54) is 0 Å². The summed E-state index contributed by atoms with van der Waals surface area (Å²) >= 11 is 0.